The van der Waals surface area contributed by atoms with Crippen LogP contribution in [0.25, 0.3) is 31.2 Å². The third-order valence-electron chi connectivity index (χ3n) is 4.95. The zero-order valence-corrected chi connectivity index (χ0v) is 18.8. The molecule has 3 heterocycles. The Bertz CT molecular complexity index is 1430. The third-order valence-corrected chi connectivity index (χ3v) is 7.27. The zero-order valence-electron chi connectivity index (χ0n) is 17.2. The van der Waals surface area contributed by atoms with Crippen molar-refractivity contribution in [2.24, 2.45) is 4.99 Å². The molecule has 0 aliphatic rings. The number of benzene rings is 2. The minimum absolute atomic E-state index is 0.359. The number of rotatable bonds is 5. The molecule has 3 aromatic heterocycles. The van der Waals surface area contributed by atoms with E-state index in [9.17, 15) is 4.79 Å². The monoisotopic (exact) mass is 454 g/mol. The molecule has 0 bridgehead atoms. The molecule has 0 unspecified atom stereocenters. The maximum atomic E-state index is 12.3. The fourth-order valence-corrected chi connectivity index (χ4v) is 5.33. The number of carbonyl (C=O) groups is 1. The van der Waals surface area contributed by atoms with E-state index in [2.05, 4.69) is 29.3 Å². The highest BCUT2D eigenvalue weighted by Gasteiger charge is 2.15. The van der Waals surface area contributed by atoms with Crippen molar-refractivity contribution in [2.45, 2.75) is 0 Å². The molecular formula is C26H18N2O2S2. The second kappa shape index (κ2) is 8.86. The molecule has 32 heavy (non-hydrogen) atoms. The largest absolute Gasteiger partial charge is 0.465 e. The van der Waals surface area contributed by atoms with Crippen LogP contribution in [0.4, 0.5) is 5.69 Å². The van der Waals surface area contributed by atoms with Crippen LogP contribution in [0, 0.1) is 0 Å². The summed E-state index contributed by atoms with van der Waals surface area (Å²) in [5.41, 5.74) is 3.00. The Morgan fingerprint density at radius 3 is 2.44 bits per heavy atom. The van der Waals surface area contributed by atoms with Crippen LogP contribution in [0.5, 0.6) is 0 Å². The lowest BCUT2D eigenvalue weighted by Gasteiger charge is -2.07. The number of fused-ring (bicyclic) bond motifs is 1. The first kappa shape index (κ1) is 20.3. The lowest BCUT2D eigenvalue weighted by atomic mass is 10.1. The predicted octanol–water partition coefficient (Wildman–Crippen LogP) is 7.23. The number of hydrogen-bond donors (Lipinski definition) is 0. The van der Waals surface area contributed by atoms with Crippen LogP contribution in [0.15, 0.2) is 89.9 Å². The Labute approximate surface area is 193 Å². The van der Waals surface area contributed by atoms with E-state index in [1.54, 1.807) is 22.7 Å². The van der Waals surface area contributed by atoms with Gasteiger partial charge in [0, 0.05) is 26.2 Å². The van der Waals surface area contributed by atoms with Crippen molar-refractivity contribution in [1.82, 2.24) is 4.98 Å². The molecular weight excluding hydrogens is 436 g/mol. The van der Waals surface area contributed by atoms with Crippen molar-refractivity contribution in [3.8, 4) is 20.3 Å². The highest BCUT2D eigenvalue weighted by atomic mass is 32.1. The van der Waals surface area contributed by atoms with Crippen LogP contribution >= 0.6 is 22.7 Å². The number of carbonyl (C=O) groups excluding carboxylic acids is 1. The summed E-state index contributed by atoms with van der Waals surface area (Å²) >= 11 is 3.35. The van der Waals surface area contributed by atoms with Crippen LogP contribution in [0.3, 0.4) is 0 Å². The van der Waals surface area contributed by atoms with Crippen molar-refractivity contribution in [3.63, 3.8) is 0 Å². The quantitative estimate of drug-likeness (QED) is 0.208. The van der Waals surface area contributed by atoms with E-state index in [1.807, 2.05) is 66.9 Å². The fourth-order valence-electron chi connectivity index (χ4n) is 3.40. The molecule has 0 saturated carbocycles. The molecule has 2 aromatic carbocycles. The number of hydrogen-bond acceptors (Lipinski definition) is 6. The second-order valence-electron chi connectivity index (χ2n) is 7.02. The van der Waals surface area contributed by atoms with Gasteiger partial charge in [-0.1, -0.05) is 36.4 Å². The summed E-state index contributed by atoms with van der Waals surface area (Å²) in [6.07, 6.45) is 1.89. The third kappa shape index (κ3) is 4.10. The summed E-state index contributed by atoms with van der Waals surface area (Å²) in [7, 11) is 1.40. The second-order valence-corrected chi connectivity index (χ2v) is 9.22. The Balaban J connectivity index is 1.46. The highest BCUT2D eigenvalue weighted by Crippen LogP contribution is 2.38. The maximum Gasteiger partial charge on any atom is 0.338 e. The number of aliphatic imine (C=N–C) groups is 1. The molecule has 0 atom stereocenters. The van der Waals surface area contributed by atoms with Gasteiger partial charge in [0.2, 0.25) is 0 Å². The summed E-state index contributed by atoms with van der Waals surface area (Å²) in [6, 6.07) is 27.7. The van der Waals surface area contributed by atoms with Crippen LogP contribution in [0.1, 0.15) is 15.2 Å². The van der Waals surface area contributed by atoms with E-state index in [0.29, 0.717) is 5.56 Å². The van der Waals surface area contributed by atoms with Gasteiger partial charge in [-0.25, -0.2) is 9.78 Å². The Kier molecular flexibility index (Phi) is 5.62. The first-order valence-electron chi connectivity index (χ1n) is 9.99. The average Bonchev–Trinajstić information content (AvgIpc) is 3.52. The van der Waals surface area contributed by atoms with Gasteiger partial charge in [0.05, 0.1) is 34.4 Å². The van der Waals surface area contributed by atoms with Gasteiger partial charge in [-0.2, -0.15) is 0 Å². The first-order chi connectivity index (χ1) is 15.7. The molecule has 0 N–H and O–H groups in total. The maximum absolute atomic E-state index is 12.3. The number of thiophene rings is 2. The Morgan fingerprint density at radius 1 is 0.875 bits per heavy atom. The molecule has 4 nitrogen and oxygen atoms in total. The minimum atomic E-state index is -0.359. The lowest BCUT2D eigenvalue weighted by molar-refractivity contribution is 0.0603. The number of para-hydroxylation sites is 2. The van der Waals surface area contributed by atoms with Crippen LogP contribution in [0.2, 0.25) is 0 Å². The number of pyridine rings is 1. The summed E-state index contributed by atoms with van der Waals surface area (Å²) in [5, 5.41) is 0.792. The van der Waals surface area contributed by atoms with Crippen molar-refractivity contribution in [3.05, 3.63) is 95.4 Å². The van der Waals surface area contributed by atoms with Gasteiger partial charge in [0.1, 0.15) is 0 Å². The summed E-state index contributed by atoms with van der Waals surface area (Å²) in [5.74, 6) is -0.359. The van der Waals surface area contributed by atoms with Gasteiger partial charge in [0.15, 0.2) is 0 Å². The van der Waals surface area contributed by atoms with Gasteiger partial charge in [-0.15, -0.1) is 22.7 Å². The number of methoxy groups -OCH3 is 1. The molecule has 0 fully saturated rings. The standard InChI is InChI=1S/C26H18N2O2S2/c1-30-26(29)20-15-22(28-21-10-6-5-9-19(20)21)23-13-14-25(32-23)24-12-11-18(31-24)16-27-17-7-3-2-4-8-17/h2-16H,1H3. The van der Waals surface area contributed by atoms with Crippen molar-refractivity contribution in [2.75, 3.05) is 7.11 Å². The number of esters is 1. The van der Waals surface area contributed by atoms with Gasteiger partial charge in [0.25, 0.3) is 0 Å². The molecule has 5 aromatic rings. The molecule has 0 saturated heterocycles. The van der Waals surface area contributed by atoms with E-state index in [1.165, 1.54) is 12.0 Å². The van der Waals surface area contributed by atoms with Gasteiger partial charge in [-0.3, -0.25) is 4.99 Å². The van der Waals surface area contributed by atoms with E-state index in [4.69, 9.17) is 9.72 Å². The number of nitrogens with zero attached hydrogens (tertiary/aromatic N) is 2. The van der Waals surface area contributed by atoms with E-state index in [-0.39, 0.29) is 5.97 Å². The molecule has 0 spiro atoms. The van der Waals surface area contributed by atoms with Crippen LogP contribution < -0.4 is 0 Å². The van der Waals surface area contributed by atoms with Gasteiger partial charge >= 0.3 is 5.97 Å². The summed E-state index contributed by atoms with van der Waals surface area (Å²) in [6.45, 7) is 0. The fraction of sp³-hybridized carbons (Fsp3) is 0.0385. The Hall–Kier alpha value is -3.61. The predicted molar refractivity (Wildman–Crippen MR) is 133 cm³/mol. The normalized spacial score (nSPS) is 11.3. The molecule has 5 rings (SSSR count). The van der Waals surface area contributed by atoms with Gasteiger partial charge in [-0.05, 0) is 48.5 Å². The first-order valence-corrected chi connectivity index (χ1v) is 11.6. The summed E-state index contributed by atoms with van der Waals surface area (Å²) < 4.78 is 4.99. The van der Waals surface area contributed by atoms with Crippen molar-refractivity contribution >= 4 is 51.4 Å². The number of ether oxygens (including phenoxy) is 1. The zero-order chi connectivity index (χ0) is 21.9. The SMILES string of the molecule is COC(=O)c1cc(-c2ccc(-c3ccc(C=Nc4ccccc4)s3)s2)nc2ccccc12. The van der Waals surface area contributed by atoms with Crippen molar-refractivity contribution < 1.29 is 9.53 Å². The van der Waals surface area contributed by atoms with E-state index < -0.39 is 0 Å². The molecule has 0 radical (unpaired) electrons. The summed E-state index contributed by atoms with van der Waals surface area (Å²) in [4.78, 5) is 26.1. The van der Waals surface area contributed by atoms with Crippen molar-refractivity contribution in [1.29, 1.82) is 0 Å². The molecule has 6 heteroatoms. The number of aromatic nitrogens is 1. The topological polar surface area (TPSA) is 51.5 Å². The van der Waals surface area contributed by atoms with E-state index >= 15 is 0 Å². The smallest absolute Gasteiger partial charge is 0.338 e. The molecule has 0 amide bonds. The van der Waals surface area contributed by atoms with Crippen LogP contribution in [-0.2, 0) is 4.74 Å². The van der Waals surface area contributed by atoms with Gasteiger partial charge < -0.3 is 4.74 Å². The molecule has 156 valence electrons. The average molecular weight is 455 g/mol. The lowest BCUT2D eigenvalue weighted by Crippen LogP contribution is -2.03. The molecule has 0 aliphatic heterocycles. The van der Waals surface area contributed by atoms with E-state index in [0.717, 1.165) is 36.9 Å². The highest BCUT2D eigenvalue weighted by molar-refractivity contribution is 7.24. The molecule has 0 aliphatic carbocycles. The van der Waals surface area contributed by atoms with Crippen LogP contribution in [-0.4, -0.2) is 24.3 Å². The Morgan fingerprint density at radius 2 is 1.59 bits per heavy atom. The minimum Gasteiger partial charge on any atom is -0.465 e.